The Morgan fingerprint density at radius 2 is 2.00 bits per heavy atom. The summed E-state index contributed by atoms with van der Waals surface area (Å²) < 4.78 is 38.0. The number of nitrogens with zero attached hydrogens (tertiary/aromatic N) is 1. The van der Waals surface area contributed by atoms with E-state index in [1.165, 1.54) is 12.1 Å². The van der Waals surface area contributed by atoms with E-state index in [4.69, 9.17) is 5.73 Å². The van der Waals surface area contributed by atoms with E-state index in [0.717, 1.165) is 36.0 Å². The number of aromatic amines is 2. The van der Waals surface area contributed by atoms with Crippen molar-refractivity contribution >= 4 is 26.7 Å². The van der Waals surface area contributed by atoms with Gasteiger partial charge in [0.15, 0.2) is 9.84 Å². The van der Waals surface area contributed by atoms with Gasteiger partial charge >= 0.3 is 5.97 Å². The Bertz CT molecular complexity index is 1510. The van der Waals surface area contributed by atoms with Crippen molar-refractivity contribution in [2.75, 3.05) is 12.8 Å². The number of aryl methyl sites for hydroxylation is 1. The lowest BCUT2D eigenvalue weighted by Crippen LogP contribution is -2.03. The second-order valence-corrected chi connectivity index (χ2v) is 10.9. The molecule has 4 rings (SSSR count). The molecule has 0 bridgehead atoms. The summed E-state index contributed by atoms with van der Waals surface area (Å²) in [6.45, 7) is 2.57. The fraction of sp³-hybridized carbons (Fsp3) is 0.280. The van der Waals surface area contributed by atoms with Crippen molar-refractivity contribution in [3.8, 4) is 11.1 Å². The molecule has 2 aromatic heterocycles. The highest BCUT2D eigenvalue weighted by Gasteiger charge is 2.24. The van der Waals surface area contributed by atoms with E-state index in [2.05, 4.69) is 15.2 Å². The molecule has 0 aliphatic rings. The lowest BCUT2D eigenvalue weighted by Gasteiger charge is -2.11. The fourth-order valence-corrected chi connectivity index (χ4v) is 5.14. The van der Waals surface area contributed by atoms with E-state index >= 15 is 0 Å². The molecule has 0 aliphatic carbocycles. The number of fused-ring (bicyclic) bond motifs is 1. The number of hydrogen-bond donors (Lipinski definition) is 4. The van der Waals surface area contributed by atoms with Crippen molar-refractivity contribution in [2.24, 2.45) is 5.73 Å². The summed E-state index contributed by atoms with van der Waals surface area (Å²) >= 11 is 0. The number of nitrogens with two attached hydrogens (primary N) is 1. The molecule has 5 N–H and O–H groups in total. The Labute approximate surface area is 202 Å². The van der Waals surface area contributed by atoms with Crippen LogP contribution in [0.15, 0.2) is 42.5 Å². The molecule has 184 valence electrons. The maximum Gasteiger partial charge on any atom is 0.352 e. The molecule has 2 heterocycles. The van der Waals surface area contributed by atoms with Gasteiger partial charge in [-0.3, -0.25) is 5.10 Å². The van der Waals surface area contributed by atoms with Gasteiger partial charge in [0.1, 0.15) is 11.5 Å². The van der Waals surface area contributed by atoms with Gasteiger partial charge < -0.3 is 15.8 Å². The predicted molar refractivity (Wildman–Crippen MR) is 133 cm³/mol. The van der Waals surface area contributed by atoms with Crippen molar-refractivity contribution in [2.45, 2.75) is 31.4 Å². The summed E-state index contributed by atoms with van der Waals surface area (Å²) in [6.07, 6.45) is 2.66. The molecule has 2 aromatic carbocycles. The minimum absolute atomic E-state index is 0.0336. The minimum Gasteiger partial charge on any atom is -0.477 e. The van der Waals surface area contributed by atoms with E-state index in [9.17, 15) is 22.7 Å². The van der Waals surface area contributed by atoms with Crippen LogP contribution in [0.25, 0.3) is 22.0 Å². The molecule has 0 saturated carbocycles. The number of carboxylic acids is 1. The monoisotopic (exact) mass is 498 g/mol. The molecule has 0 saturated heterocycles. The molecule has 1 atom stereocenters. The third kappa shape index (κ3) is 5.13. The van der Waals surface area contributed by atoms with Gasteiger partial charge in [0.2, 0.25) is 0 Å². The van der Waals surface area contributed by atoms with Crippen molar-refractivity contribution in [1.82, 2.24) is 15.2 Å². The van der Waals surface area contributed by atoms with Crippen LogP contribution in [-0.2, 0) is 22.0 Å². The van der Waals surface area contributed by atoms with E-state index < -0.39 is 27.4 Å². The van der Waals surface area contributed by atoms with Gasteiger partial charge in [0, 0.05) is 34.4 Å². The van der Waals surface area contributed by atoms with Crippen LogP contribution in [0.1, 0.15) is 52.3 Å². The van der Waals surface area contributed by atoms with Gasteiger partial charge in [-0.2, -0.15) is 5.10 Å². The lowest BCUT2D eigenvalue weighted by molar-refractivity contribution is 0.0692. The summed E-state index contributed by atoms with van der Waals surface area (Å²) in [5.41, 5.74) is 9.51. The summed E-state index contributed by atoms with van der Waals surface area (Å²) in [5.74, 6) is -2.47. The topological polar surface area (TPSA) is 142 Å². The number of halogens is 1. The molecule has 1 unspecified atom stereocenters. The average Bonchev–Trinajstić information content (AvgIpc) is 3.42. The third-order valence-corrected chi connectivity index (χ3v) is 6.89. The third-order valence-electron chi connectivity index (χ3n) is 6.05. The zero-order chi connectivity index (χ0) is 25.3. The number of carbonyl (C=O) groups is 1. The van der Waals surface area contributed by atoms with Gasteiger partial charge in [0.05, 0.1) is 17.0 Å². The van der Waals surface area contributed by atoms with Crippen LogP contribution >= 0.6 is 0 Å². The van der Waals surface area contributed by atoms with Gasteiger partial charge in [-0.25, -0.2) is 17.6 Å². The molecule has 10 heteroatoms. The highest BCUT2D eigenvalue weighted by molar-refractivity contribution is 7.89. The van der Waals surface area contributed by atoms with Crippen molar-refractivity contribution < 1.29 is 22.7 Å². The van der Waals surface area contributed by atoms with Crippen LogP contribution in [0.3, 0.4) is 0 Å². The number of aromatic carboxylic acids is 1. The van der Waals surface area contributed by atoms with E-state index in [1.807, 2.05) is 25.1 Å². The number of carboxylic acid groups (broad SMARTS) is 1. The molecule has 4 aromatic rings. The first-order chi connectivity index (χ1) is 16.6. The molecule has 0 radical (unpaired) electrons. The zero-order valence-electron chi connectivity index (χ0n) is 19.4. The SMILES string of the molecule is CC(c1cc(CCCN)[nH]n1)c1cccc2c(-c3ccc(CS(C)(=O)=O)c(F)c3)c(C(=O)O)[nH]c12. The van der Waals surface area contributed by atoms with Gasteiger partial charge in [-0.15, -0.1) is 0 Å². The molecule has 8 nitrogen and oxygen atoms in total. The summed E-state index contributed by atoms with van der Waals surface area (Å²) in [7, 11) is -3.42. The number of aromatic nitrogens is 3. The summed E-state index contributed by atoms with van der Waals surface area (Å²) in [4.78, 5) is 15.1. The van der Waals surface area contributed by atoms with Crippen LogP contribution in [0.5, 0.6) is 0 Å². The van der Waals surface area contributed by atoms with Crippen LogP contribution in [0.2, 0.25) is 0 Å². The van der Waals surface area contributed by atoms with Crippen LogP contribution in [0, 0.1) is 5.82 Å². The Hall–Kier alpha value is -3.50. The molecule has 0 amide bonds. The summed E-state index contributed by atoms with van der Waals surface area (Å²) in [5, 5.41) is 18.0. The number of benzene rings is 2. The van der Waals surface area contributed by atoms with Crippen LogP contribution in [-0.4, -0.2) is 47.5 Å². The van der Waals surface area contributed by atoms with Crippen LogP contribution < -0.4 is 5.73 Å². The Morgan fingerprint density at radius 1 is 1.23 bits per heavy atom. The molecule has 35 heavy (non-hydrogen) atoms. The first kappa shape index (κ1) is 24.6. The standard InChI is InChI=1S/C25H27FN4O4S/c1-14(21-12-17(29-30-21)5-4-10-27)18-6-3-7-19-22(24(25(31)32)28-23(18)19)15-8-9-16(20(26)11-15)13-35(2,33)34/h3,6-9,11-12,14,28H,4-5,10,13,27H2,1-2H3,(H,29,30)(H,31,32). The maximum absolute atomic E-state index is 14.8. The van der Waals surface area contributed by atoms with E-state index in [-0.39, 0.29) is 17.2 Å². The Balaban J connectivity index is 1.81. The zero-order valence-corrected chi connectivity index (χ0v) is 20.2. The number of rotatable bonds is 9. The molecule has 0 spiro atoms. The van der Waals surface area contributed by atoms with Crippen molar-refractivity contribution in [3.63, 3.8) is 0 Å². The smallest absolute Gasteiger partial charge is 0.352 e. The highest BCUT2D eigenvalue weighted by Crippen LogP contribution is 2.38. The first-order valence-electron chi connectivity index (χ1n) is 11.2. The molecule has 0 fully saturated rings. The lowest BCUT2D eigenvalue weighted by atomic mass is 9.93. The second-order valence-electron chi connectivity index (χ2n) is 8.76. The number of H-pyrrole nitrogens is 2. The number of nitrogens with one attached hydrogen (secondary N) is 2. The first-order valence-corrected chi connectivity index (χ1v) is 13.2. The summed E-state index contributed by atoms with van der Waals surface area (Å²) in [6, 6.07) is 11.6. The largest absolute Gasteiger partial charge is 0.477 e. The maximum atomic E-state index is 14.8. The quantitative estimate of drug-likeness (QED) is 0.275. The van der Waals surface area contributed by atoms with Crippen molar-refractivity contribution in [1.29, 1.82) is 0 Å². The van der Waals surface area contributed by atoms with Crippen LogP contribution in [0.4, 0.5) is 4.39 Å². The van der Waals surface area contributed by atoms with Gasteiger partial charge in [0.25, 0.3) is 0 Å². The number of sulfone groups is 1. The molecule has 0 aliphatic heterocycles. The second kappa shape index (κ2) is 9.63. The van der Waals surface area contributed by atoms with Crippen molar-refractivity contribution in [3.05, 3.63) is 76.5 Å². The Morgan fingerprint density at radius 3 is 2.66 bits per heavy atom. The predicted octanol–water partition coefficient (Wildman–Crippen LogP) is 3.98. The van der Waals surface area contributed by atoms with E-state index in [1.54, 1.807) is 12.1 Å². The number of hydrogen-bond acceptors (Lipinski definition) is 5. The number of para-hydroxylation sites is 1. The van der Waals surface area contributed by atoms with Gasteiger partial charge in [-0.05, 0) is 42.6 Å². The molecular weight excluding hydrogens is 471 g/mol. The average molecular weight is 499 g/mol. The minimum atomic E-state index is -3.42. The van der Waals surface area contributed by atoms with Gasteiger partial charge in [-0.1, -0.05) is 37.3 Å². The van der Waals surface area contributed by atoms with E-state index in [0.29, 0.717) is 28.6 Å². The highest BCUT2D eigenvalue weighted by atomic mass is 32.2. The normalized spacial score (nSPS) is 12.8. The molecular formula is C25H27FN4O4S. The fourth-order valence-electron chi connectivity index (χ4n) is 4.34. The Kier molecular flexibility index (Phi) is 6.77.